The van der Waals surface area contributed by atoms with Gasteiger partial charge in [-0.25, -0.2) is 0 Å². The van der Waals surface area contributed by atoms with E-state index in [9.17, 15) is 0 Å². The molecule has 102 valence electrons. The van der Waals surface area contributed by atoms with Crippen molar-refractivity contribution in [2.45, 2.75) is 34.1 Å². The standard InChI is InChI=1S/C8H19NO3.2C2H6/c1-10-5-6-12-8-7-11-4-2-3-9;2*1-2/h2-9H2,1H3;2*1-2H3. The normalized spacial score (nSPS) is 8.62. The molecule has 0 aliphatic heterocycles. The molecule has 0 aliphatic rings. The third-order valence-corrected chi connectivity index (χ3v) is 1.30. The minimum atomic E-state index is 0.633. The summed E-state index contributed by atoms with van der Waals surface area (Å²) >= 11 is 0. The van der Waals surface area contributed by atoms with Crippen molar-refractivity contribution >= 4 is 0 Å². The van der Waals surface area contributed by atoms with Gasteiger partial charge in [0.05, 0.1) is 26.4 Å². The summed E-state index contributed by atoms with van der Waals surface area (Å²) in [5.74, 6) is 0. The van der Waals surface area contributed by atoms with Crippen LogP contribution >= 0.6 is 0 Å². The predicted molar refractivity (Wildman–Crippen MR) is 69.9 cm³/mol. The lowest BCUT2D eigenvalue weighted by atomic mass is 10.5. The van der Waals surface area contributed by atoms with Crippen molar-refractivity contribution < 1.29 is 14.2 Å². The van der Waals surface area contributed by atoms with Crippen LogP contribution in [0.1, 0.15) is 34.1 Å². The Balaban J connectivity index is -0.000000376. The van der Waals surface area contributed by atoms with Crippen LogP contribution in [-0.4, -0.2) is 46.7 Å². The van der Waals surface area contributed by atoms with Crippen molar-refractivity contribution in [2.24, 2.45) is 5.73 Å². The van der Waals surface area contributed by atoms with Gasteiger partial charge in [0.15, 0.2) is 0 Å². The first-order chi connectivity index (χ1) is 7.91. The second-order valence-electron chi connectivity index (χ2n) is 2.36. The fourth-order valence-corrected chi connectivity index (χ4v) is 0.650. The van der Waals surface area contributed by atoms with Gasteiger partial charge in [-0.3, -0.25) is 0 Å². The molecular formula is C12H31NO3. The average Bonchev–Trinajstić information content (AvgIpc) is 2.38. The maximum Gasteiger partial charge on any atom is 0.0701 e. The zero-order valence-corrected chi connectivity index (χ0v) is 11.8. The van der Waals surface area contributed by atoms with Crippen molar-refractivity contribution in [3.63, 3.8) is 0 Å². The lowest BCUT2D eigenvalue weighted by Crippen LogP contribution is -2.10. The Kier molecular flexibility index (Phi) is 38.8. The van der Waals surface area contributed by atoms with Crippen LogP contribution < -0.4 is 5.73 Å². The van der Waals surface area contributed by atoms with E-state index in [2.05, 4.69) is 0 Å². The molecule has 0 fully saturated rings. The number of methoxy groups -OCH3 is 1. The van der Waals surface area contributed by atoms with E-state index in [4.69, 9.17) is 19.9 Å². The Morgan fingerprint density at radius 3 is 1.62 bits per heavy atom. The van der Waals surface area contributed by atoms with Gasteiger partial charge < -0.3 is 19.9 Å². The van der Waals surface area contributed by atoms with Crippen LogP contribution in [0.4, 0.5) is 0 Å². The molecule has 0 aromatic rings. The lowest BCUT2D eigenvalue weighted by molar-refractivity contribution is 0.0247. The second-order valence-corrected chi connectivity index (χ2v) is 2.36. The zero-order chi connectivity index (χ0) is 13.1. The first kappa shape index (κ1) is 21.2. The summed E-state index contributed by atoms with van der Waals surface area (Å²) in [7, 11) is 1.65. The molecule has 0 heterocycles. The van der Waals surface area contributed by atoms with Crippen LogP contribution in [0, 0.1) is 0 Å². The van der Waals surface area contributed by atoms with Gasteiger partial charge in [0, 0.05) is 13.7 Å². The van der Waals surface area contributed by atoms with E-state index in [-0.39, 0.29) is 0 Å². The van der Waals surface area contributed by atoms with E-state index >= 15 is 0 Å². The van der Waals surface area contributed by atoms with E-state index in [1.165, 1.54) is 0 Å². The minimum absolute atomic E-state index is 0.633. The van der Waals surface area contributed by atoms with E-state index in [1.54, 1.807) is 7.11 Å². The maximum absolute atomic E-state index is 5.28. The summed E-state index contributed by atoms with van der Waals surface area (Å²) in [6.07, 6.45) is 0.915. The molecule has 0 radical (unpaired) electrons. The number of hydrogen-bond acceptors (Lipinski definition) is 4. The number of nitrogens with two attached hydrogens (primary N) is 1. The van der Waals surface area contributed by atoms with Crippen LogP contribution in [0.25, 0.3) is 0 Å². The van der Waals surface area contributed by atoms with Gasteiger partial charge >= 0.3 is 0 Å². The fraction of sp³-hybridized carbons (Fsp3) is 1.00. The van der Waals surface area contributed by atoms with Gasteiger partial charge in [0.2, 0.25) is 0 Å². The Bertz CT molecular complexity index is 72.7. The summed E-state index contributed by atoms with van der Waals surface area (Å²) in [5.41, 5.74) is 5.28. The van der Waals surface area contributed by atoms with E-state index in [0.29, 0.717) is 33.0 Å². The minimum Gasteiger partial charge on any atom is -0.382 e. The van der Waals surface area contributed by atoms with Crippen molar-refractivity contribution in [1.82, 2.24) is 0 Å². The fourth-order valence-electron chi connectivity index (χ4n) is 0.650. The Morgan fingerprint density at radius 1 is 0.750 bits per heavy atom. The van der Waals surface area contributed by atoms with Crippen molar-refractivity contribution in [1.29, 1.82) is 0 Å². The molecule has 16 heavy (non-hydrogen) atoms. The molecule has 0 aromatic carbocycles. The molecular weight excluding hydrogens is 206 g/mol. The average molecular weight is 237 g/mol. The van der Waals surface area contributed by atoms with Crippen LogP contribution in [0.5, 0.6) is 0 Å². The van der Waals surface area contributed by atoms with Gasteiger partial charge in [0.1, 0.15) is 0 Å². The molecule has 4 nitrogen and oxygen atoms in total. The molecule has 2 N–H and O–H groups in total. The van der Waals surface area contributed by atoms with Gasteiger partial charge in [-0.2, -0.15) is 0 Å². The lowest BCUT2D eigenvalue weighted by Gasteiger charge is -2.04. The molecule has 0 rings (SSSR count). The van der Waals surface area contributed by atoms with Crippen LogP contribution in [0.15, 0.2) is 0 Å². The summed E-state index contributed by atoms with van der Waals surface area (Å²) in [4.78, 5) is 0. The topological polar surface area (TPSA) is 53.7 Å². The van der Waals surface area contributed by atoms with Crippen LogP contribution in [0.3, 0.4) is 0 Å². The Hall–Kier alpha value is -0.160. The van der Waals surface area contributed by atoms with E-state index in [1.807, 2.05) is 27.7 Å². The van der Waals surface area contributed by atoms with Crippen LogP contribution in [0.2, 0.25) is 0 Å². The molecule has 0 amide bonds. The smallest absolute Gasteiger partial charge is 0.0701 e. The highest BCUT2D eigenvalue weighted by Crippen LogP contribution is 1.81. The van der Waals surface area contributed by atoms with Crippen LogP contribution in [-0.2, 0) is 14.2 Å². The third kappa shape index (κ3) is 29.2. The Morgan fingerprint density at radius 2 is 1.19 bits per heavy atom. The summed E-state index contributed by atoms with van der Waals surface area (Å²) < 4.78 is 15.2. The third-order valence-electron chi connectivity index (χ3n) is 1.30. The molecule has 0 atom stereocenters. The van der Waals surface area contributed by atoms with Gasteiger partial charge in [0.25, 0.3) is 0 Å². The highest BCUT2D eigenvalue weighted by Gasteiger charge is 1.88. The molecule has 0 saturated carbocycles. The number of rotatable bonds is 9. The molecule has 0 bridgehead atoms. The summed E-state index contributed by atoms with van der Waals surface area (Å²) in [6.45, 7) is 12.0. The van der Waals surface area contributed by atoms with Crippen molar-refractivity contribution in [3.05, 3.63) is 0 Å². The summed E-state index contributed by atoms with van der Waals surface area (Å²) in [6, 6.07) is 0. The quantitative estimate of drug-likeness (QED) is 0.624. The SMILES string of the molecule is CC.CC.COCCOCCOCCCN. The molecule has 0 aromatic heterocycles. The first-order valence-electron chi connectivity index (χ1n) is 6.26. The maximum atomic E-state index is 5.28. The number of hydrogen-bond donors (Lipinski definition) is 1. The highest BCUT2D eigenvalue weighted by atomic mass is 16.5. The van der Waals surface area contributed by atoms with E-state index in [0.717, 1.165) is 13.0 Å². The molecule has 0 saturated heterocycles. The van der Waals surface area contributed by atoms with Gasteiger partial charge in [-0.15, -0.1) is 0 Å². The summed E-state index contributed by atoms with van der Waals surface area (Å²) in [5, 5.41) is 0. The molecule has 0 aliphatic carbocycles. The Labute approximate surface area is 101 Å². The predicted octanol–water partition coefficient (Wildman–Crippen LogP) is 2.07. The first-order valence-corrected chi connectivity index (χ1v) is 6.26. The molecule has 0 spiro atoms. The monoisotopic (exact) mass is 237 g/mol. The highest BCUT2D eigenvalue weighted by molar-refractivity contribution is 4.36. The molecule has 4 heteroatoms. The van der Waals surface area contributed by atoms with Crippen molar-refractivity contribution in [2.75, 3.05) is 46.7 Å². The zero-order valence-electron chi connectivity index (χ0n) is 11.8. The molecule has 0 unspecified atom stereocenters. The number of ether oxygens (including phenoxy) is 3. The second kappa shape index (κ2) is 29.4. The van der Waals surface area contributed by atoms with E-state index < -0.39 is 0 Å². The largest absolute Gasteiger partial charge is 0.382 e. The van der Waals surface area contributed by atoms with Gasteiger partial charge in [-0.1, -0.05) is 27.7 Å². The van der Waals surface area contributed by atoms with Gasteiger partial charge in [-0.05, 0) is 13.0 Å². The van der Waals surface area contributed by atoms with Crippen molar-refractivity contribution in [3.8, 4) is 0 Å².